The molecule has 0 radical (unpaired) electrons. The third-order valence-corrected chi connectivity index (χ3v) is 3.63. The van der Waals surface area contributed by atoms with Gasteiger partial charge in [-0.25, -0.2) is 4.52 Å². The fourth-order valence-corrected chi connectivity index (χ4v) is 2.57. The number of nitrogens with zero attached hydrogens (tertiary/aromatic N) is 4. The van der Waals surface area contributed by atoms with Gasteiger partial charge in [-0.3, -0.25) is 0 Å². The van der Waals surface area contributed by atoms with Crippen LogP contribution >= 0.6 is 0 Å². The second-order valence-electron chi connectivity index (χ2n) is 5.27. The van der Waals surface area contributed by atoms with Gasteiger partial charge in [-0.05, 0) is 63.5 Å². The van der Waals surface area contributed by atoms with Crippen LogP contribution in [0.25, 0.3) is 5.65 Å². The standard InChI is InChI=1S/C14H21N5/c1-12-5-10-19-13(11-12)16-14(17-19)15-6-4-9-18-7-2-3-8-18/h5,10-11H,2-4,6-9H2,1H3,(H,15,17). The zero-order valence-corrected chi connectivity index (χ0v) is 11.5. The molecule has 5 nitrogen and oxygen atoms in total. The maximum absolute atomic E-state index is 4.47. The summed E-state index contributed by atoms with van der Waals surface area (Å²) in [5.74, 6) is 0.729. The van der Waals surface area contributed by atoms with E-state index in [4.69, 9.17) is 0 Å². The van der Waals surface area contributed by atoms with E-state index in [1.165, 1.54) is 38.0 Å². The lowest BCUT2D eigenvalue weighted by Gasteiger charge is -2.13. The Kier molecular flexibility index (Phi) is 3.64. The zero-order valence-electron chi connectivity index (χ0n) is 11.5. The molecule has 2 aromatic rings. The summed E-state index contributed by atoms with van der Waals surface area (Å²) in [6.45, 7) is 6.72. The maximum Gasteiger partial charge on any atom is 0.243 e. The number of nitrogens with one attached hydrogen (secondary N) is 1. The van der Waals surface area contributed by atoms with Crippen molar-refractivity contribution in [2.75, 3.05) is 31.5 Å². The fourth-order valence-electron chi connectivity index (χ4n) is 2.57. The Labute approximate surface area is 113 Å². The zero-order chi connectivity index (χ0) is 13.1. The van der Waals surface area contributed by atoms with Crippen LogP contribution in [-0.2, 0) is 0 Å². The molecule has 3 rings (SSSR count). The van der Waals surface area contributed by atoms with Gasteiger partial charge in [0.25, 0.3) is 0 Å². The number of hydrogen-bond donors (Lipinski definition) is 1. The van der Waals surface area contributed by atoms with Crippen LogP contribution in [0.3, 0.4) is 0 Å². The van der Waals surface area contributed by atoms with Crippen LogP contribution in [0, 0.1) is 6.92 Å². The molecule has 0 amide bonds. The van der Waals surface area contributed by atoms with Crippen molar-refractivity contribution in [1.82, 2.24) is 19.5 Å². The highest BCUT2D eigenvalue weighted by molar-refractivity contribution is 5.45. The fraction of sp³-hybridized carbons (Fsp3) is 0.571. The van der Waals surface area contributed by atoms with Gasteiger partial charge in [0.1, 0.15) is 0 Å². The SMILES string of the molecule is Cc1ccn2nc(NCCCN3CCCC3)nc2c1. The van der Waals surface area contributed by atoms with Crippen molar-refractivity contribution < 1.29 is 0 Å². The molecule has 1 saturated heterocycles. The van der Waals surface area contributed by atoms with Gasteiger partial charge in [-0.15, -0.1) is 5.10 Å². The first kappa shape index (κ1) is 12.4. The van der Waals surface area contributed by atoms with Gasteiger partial charge in [0.2, 0.25) is 5.95 Å². The molecule has 1 aliphatic heterocycles. The molecule has 102 valence electrons. The largest absolute Gasteiger partial charge is 0.353 e. The van der Waals surface area contributed by atoms with Crippen molar-refractivity contribution >= 4 is 11.6 Å². The Bertz CT molecular complexity index is 542. The smallest absolute Gasteiger partial charge is 0.243 e. The van der Waals surface area contributed by atoms with E-state index >= 15 is 0 Å². The summed E-state index contributed by atoms with van der Waals surface area (Å²) >= 11 is 0. The van der Waals surface area contributed by atoms with Crippen molar-refractivity contribution in [2.24, 2.45) is 0 Å². The Morgan fingerprint density at radius 3 is 3.00 bits per heavy atom. The van der Waals surface area contributed by atoms with E-state index in [0.717, 1.165) is 24.6 Å². The van der Waals surface area contributed by atoms with Crippen LogP contribution in [-0.4, -0.2) is 45.7 Å². The van der Waals surface area contributed by atoms with Gasteiger partial charge in [0.15, 0.2) is 5.65 Å². The van der Waals surface area contributed by atoms with Crippen molar-refractivity contribution in [2.45, 2.75) is 26.2 Å². The molecule has 0 atom stereocenters. The Morgan fingerprint density at radius 1 is 1.32 bits per heavy atom. The van der Waals surface area contributed by atoms with E-state index in [-0.39, 0.29) is 0 Å². The summed E-state index contributed by atoms with van der Waals surface area (Å²) in [6.07, 6.45) is 5.82. The predicted octanol–water partition coefficient (Wildman–Crippen LogP) is 1.94. The minimum atomic E-state index is 0.729. The van der Waals surface area contributed by atoms with E-state index in [1.54, 1.807) is 0 Å². The molecule has 3 heterocycles. The summed E-state index contributed by atoms with van der Waals surface area (Å²) in [5, 5.41) is 7.71. The average Bonchev–Trinajstić information content (AvgIpc) is 3.02. The minimum Gasteiger partial charge on any atom is -0.353 e. The number of rotatable bonds is 5. The maximum atomic E-state index is 4.47. The number of anilines is 1. The second-order valence-corrected chi connectivity index (χ2v) is 5.27. The quantitative estimate of drug-likeness (QED) is 0.833. The van der Waals surface area contributed by atoms with E-state index in [9.17, 15) is 0 Å². The molecular formula is C14H21N5. The summed E-state index contributed by atoms with van der Waals surface area (Å²) < 4.78 is 1.82. The topological polar surface area (TPSA) is 45.5 Å². The number of pyridine rings is 1. The Hall–Kier alpha value is -1.62. The number of fused-ring (bicyclic) bond motifs is 1. The van der Waals surface area contributed by atoms with Crippen LogP contribution < -0.4 is 5.32 Å². The molecular weight excluding hydrogens is 238 g/mol. The van der Waals surface area contributed by atoms with Crippen molar-refractivity contribution in [3.63, 3.8) is 0 Å². The summed E-state index contributed by atoms with van der Waals surface area (Å²) in [4.78, 5) is 7.00. The van der Waals surface area contributed by atoms with Crippen LogP contribution in [0.2, 0.25) is 0 Å². The molecule has 2 aromatic heterocycles. The Morgan fingerprint density at radius 2 is 2.16 bits per heavy atom. The lowest BCUT2D eigenvalue weighted by molar-refractivity contribution is 0.337. The molecule has 0 aliphatic carbocycles. The van der Waals surface area contributed by atoms with E-state index in [0.29, 0.717) is 0 Å². The first-order chi connectivity index (χ1) is 9.31. The number of aryl methyl sites for hydroxylation is 1. The molecule has 1 fully saturated rings. The third kappa shape index (κ3) is 3.04. The Balaban J connectivity index is 1.50. The normalized spacial score (nSPS) is 16.3. The highest BCUT2D eigenvalue weighted by Gasteiger charge is 2.10. The first-order valence-electron chi connectivity index (χ1n) is 7.10. The highest BCUT2D eigenvalue weighted by atomic mass is 15.3. The third-order valence-electron chi connectivity index (χ3n) is 3.63. The summed E-state index contributed by atoms with van der Waals surface area (Å²) in [7, 11) is 0. The molecule has 1 N–H and O–H groups in total. The van der Waals surface area contributed by atoms with Crippen molar-refractivity contribution in [3.8, 4) is 0 Å². The number of aromatic nitrogens is 3. The average molecular weight is 259 g/mol. The van der Waals surface area contributed by atoms with Gasteiger partial charge in [0, 0.05) is 12.7 Å². The lowest BCUT2D eigenvalue weighted by Crippen LogP contribution is -2.22. The van der Waals surface area contributed by atoms with E-state index in [2.05, 4.69) is 27.2 Å². The van der Waals surface area contributed by atoms with Gasteiger partial charge in [-0.1, -0.05) is 0 Å². The van der Waals surface area contributed by atoms with Gasteiger partial charge in [0.05, 0.1) is 0 Å². The molecule has 0 aromatic carbocycles. The molecule has 0 bridgehead atoms. The second kappa shape index (κ2) is 5.57. The first-order valence-corrected chi connectivity index (χ1v) is 7.10. The molecule has 0 unspecified atom stereocenters. The van der Waals surface area contributed by atoms with Crippen LogP contribution in [0.5, 0.6) is 0 Å². The molecule has 0 saturated carbocycles. The van der Waals surface area contributed by atoms with Crippen LogP contribution in [0.15, 0.2) is 18.3 Å². The molecule has 0 spiro atoms. The van der Waals surface area contributed by atoms with Gasteiger partial charge in [-0.2, -0.15) is 4.98 Å². The number of likely N-dealkylation sites (tertiary alicyclic amines) is 1. The lowest BCUT2D eigenvalue weighted by atomic mass is 10.3. The molecule has 19 heavy (non-hydrogen) atoms. The van der Waals surface area contributed by atoms with E-state index in [1.807, 2.05) is 22.8 Å². The minimum absolute atomic E-state index is 0.729. The van der Waals surface area contributed by atoms with Gasteiger partial charge < -0.3 is 10.2 Å². The van der Waals surface area contributed by atoms with Crippen molar-refractivity contribution in [1.29, 1.82) is 0 Å². The van der Waals surface area contributed by atoms with Crippen LogP contribution in [0.1, 0.15) is 24.8 Å². The molecule has 5 heteroatoms. The van der Waals surface area contributed by atoms with E-state index < -0.39 is 0 Å². The van der Waals surface area contributed by atoms with Crippen molar-refractivity contribution in [3.05, 3.63) is 23.9 Å². The summed E-state index contributed by atoms with van der Waals surface area (Å²) in [6, 6.07) is 4.08. The predicted molar refractivity (Wildman–Crippen MR) is 76.5 cm³/mol. The monoisotopic (exact) mass is 259 g/mol. The molecule has 1 aliphatic rings. The van der Waals surface area contributed by atoms with Crippen LogP contribution in [0.4, 0.5) is 5.95 Å². The highest BCUT2D eigenvalue weighted by Crippen LogP contribution is 2.09. The number of hydrogen-bond acceptors (Lipinski definition) is 4. The summed E-state index contributed by atoms with van der Waals surface area (Å²) in [5.41, 5.74) is 2.11. The van der Waals surface area contributed by atoms with Gasteiger partial charge >= 0.3 is 0 Å².